The molecule has 0 saturated carbocycles. The Kier molecular flexibility index (Phi) is 6.17. The highest BCUT2D eigenvalue weighted by Crippen LogP contribution is 2.27. The third-order valence-corrected chi connectivity index (χ3v) is 5.52. The van der Waals surface area contributed by atoms with E-state index < -0.39 is 0 Å². The lowest BCUT2D eigenvalue weighted by atomic mass is 10.0. The average molecular weight is 458 g/mol. The van der Waals surface area contributed by atoms with E-state index in [0.717, 1.165) is 28.1 Å². The van der Waals surface area contributed by atoms with Crippen LogP contribution in [0.5, 0.6) is 0 Å². The van der Waals surface area contributed by atoms with Crippen molar-refractivity contribution in [1.82, 2.24) is 9.97 Å². The number of hydrogen-bond donors (Lipinski definition) is 3. The minimum absolute atomic E-state index is 0.191. The molecule has 1 aromatic heterocycles. The lowest BCUT2D eigenvalue weighted by molar-refractivity contribution is 0.102. The Morgan fingerprint density at radius 2 is 1.34 bits per heavy atom. The first-order valence-electron chi connectivity index (χ1n) is 11.2. The maximum atomic E-state index is 12.4. The highest BCUT2D eigenvalue weighted by atomic mass is 16.1. The Balaban J connectivity index is 1.28. The van der Waals surface area contributed by atoms with Crippen molar-refractivity contribution in [3.63, 3.8) is 0 Å². The number of amides is 1. The van der Waals surface area contributed by atoms with Gasteiger partial charge < -0.3 is 16.4 Å². The van der Waals surface area contributed by atoms with Crippen molar-refractivity contribution in [3.8, 4) is 22.4 Å². The van der Waals surface area contributed by atoms with Crippen LogP contribution >= 0.6 is 0 Å². The summed E-state index contributed by atoms with van der Waals surface area (Å²) in [6, 6.07) is 34.7. The standard InChI is InChI=1S/C29H23N5O/c30-24-11-9-21(10-12-24)29(35)34-26-15-13-25(14-16-26)33-28-18-27(31-19-32-28)23-8-4-7-22(17-23)20-5-2-1-3-6-20/h1-19H,30H2,(H,34,35)(H,31,32,33). The lowest BCUT2D eigenvalue weighted by Gasteiger charge is -2.10. The number of carbonyl (C=O) groups is 1. The molecular weight excluding hydrogens is 434 g/mol. The molecule has 0 radical (unpaired) electrons. The van der Waals surface area contributed by atoms with Crippen molar-refractivity contribution in [2.24, 2.45) is 0 Å². The van der Waals surface area contributed by atoms with Gasteiger partial charge >= 0.3 is 0 Å². The van der Waals surface area contributed by atoms with Crippen molar-refractivity contribution in [2.75, 3.05) is 16.4 Å². The van der Waals surface area contributed by atoms with E-state index in [2.05, 4.69) is 44.9 Å². The predicted molar refractivity (Wildman–Crippen MR) is 141 cm³/mol. The number of nitrogens with two attached hydrogens (primary N) is 1. The molecule has 170 valence electrons. The van der Waals surface area contributed by atoms with E-state index in [-0.39, 0.29) is 5.91 Å². The second-order valence-corrected chi connectivity index (χ2v) is 8.01. The summed E-state index contributed by atoms with van der Waals surface area (Å²) in [5, 5.41) is 6.19. The first kappa shape index (κ1) is 21.9. The van der Waals surface area contributed by atoms with Gasteiger partial charge in [0.15, 0.2) is 0 Å². The molecule has 6 nitrogen and oxygen atoms in total. The second-order valence-electron chi connectivity index (χ2n) is 8.01. The van der Waals surface area contributed by atoms with Crippen LogP contribution in [0.2, 0.25) is 0 Å². The summed E-state index contributed by atoms with van der Waals surface area (Å²) >= 11 is 0. The molecule has 0 bridgehead atoms. The first-order valence-corrected chi connectivity index (χ1v) is 11.2. The summed E-state index contributed by atoms with van der Waals surface area (Å²) in [5.41, 5.74) is 12.5. The maximum absolute atomic E-state index is 12.4. The molecule has 1 amide bonds. The zero-order valence-corrected chi connectivity index (χ0v) is 18.8. The topological polar surface area (TPSA) is 92.9 Å². The number of nitrogen functional groups attached to an aromatic ring is 1. The van der Waals surface area contributed by atoms with Gasteiger partial charge in [-0.2, -0.15) is 0 Å². The number of nitrogens with one attached hydrogen (secondary N) is 2. The Hall–Kier alpha value is -4.97. The van der Waals surface area contributed by atoms with Crippen LogP contribution in [0.4, 0.5) is 22.9 Å². The fourth-order valence-electron chi connectivity index (χ4n) is 3.69. The van der Waals surface area contributed by atoms with Crippen LogP contribution in [-0.2, 0) is 0 Å². The molecule has 0 aliphatic carbocycles. The van der Waals surface area contributed by atoms with Gasteiger partial charge in [0.2, 0.25) is 0 Å². The predicted octanol–water partition coefficient (Wildman–Crippen LogP) is 6.39. The van der Waals surface area contributed by atoms with E-state index in [1.165, 1.54) is 0 Å². The molecule has 5 rings (SSSR count). The van der Waals surface area contributed by atoms with E-state index in [4.69, 9.17) is 5.73 Å². The van der Waals surface area contributed by atoms with Gasteiger partial charge in [0.05, 0.1) is 5.69 Å². The minimum Gasteiger partial charge on any atom is -0.399 e. The van der Waals surface area contributed by atoms with E-state index in [1.807, 2.05) is 60.7 Å². The van der Waals surface area contributed by atoms with Crippen LogP contribution in [0, 0.1) is 0 Å². The number of aromatic nitrogens is 2. The molecule has 6 heteroatoms. The van der Waals surface area contributed by atoms with Gasteiger partial charge in [-0.15, -0.1) is 0 Å². The molecule has 0 aliphatic rings. The average Bonchev–Trinajstić information content (AvgIpc) is 2.91. The Bertz CT molecular complexity index is 1450. The van der Waals surface area contributed by atoms with E-state index in [1.54, 1.807) is 30.6 Å². The SMILES string of the molecule is Nc1ccc(C(=O)Nc2ccc(Nc3cc(-c4cccc(-c5ccccc5)c4)ncn3)cc2)cc1. The molecule has 0 spiro atoms. The number of rotatable bonds is 6. The highest BCUT2D eigenvalue weighted by molar-refractivity contribution is 6.04. The minimum atomic E-state index is -0.191. The summed E-state index contributed by atoms with van der Waals surface area (Å²) in [5.74, 6) is 0.489. The van der Waals surface area contributed by atoms with E-state index in [0.29, 0.717) is 22.8 Å². The molecular formula is C29H23N5O. The molecule has 0 saturated heterocycles. The van der Waals surface area contributed by atoms with E-state index >= 15 is 0 Å². The van der Waals surface area contributed by atoms with Gasteiger partial charge in [-0.3, -0.25) is 4.79 Å². The third-order valence-electron chi connectivity index (χ3n) is 5.52. The van der Waals surface area contributed by atoms with Crippen LogP contribution < -0.4 is 16.4 Å². The van der Waals surface area contributed by atoms with Gasteiger partial charge in [0.25, 0.3) is 5.91 Å². The molecule has 0 aliphatic heterocycles. The first-order chi connectivity index (χ1) is 17.1. The van der Waals surface area contributed by atoms with Crippen molar-refractivity contribution in [2.45, 2.75) is 0 Å². The quantitative estimate of drug-likeness (QED) is 0.257. The van der Waals surface area contributed by atoms with Crippen molar-refractivity contribution in [3.05, 3.63) is 121 Å². The molecule has 4 N–H and O–H groups in total. The monoisotopic (exact) mass is 457 g/mol. The Morgan fingerprint density at radius 3 is 2.11 bits per heavy atom. The largest absolute Gasteiger partial charge is 0.399 e. The molecule has 0 atom stereocenters. The molecule has 1 heterocycles. The summed E-state index contributed by atoms with van der Waals surface area (Å²) in [4.78, 5) is 21.2. The Morgan fingerprint density at radius 1 is 0.657 bits per heavy atom. The molecule has 0 fully saturated rings. The normalized spacial score (nSPS) is 10.5. The van der Waals surface area contributed by atoms with Crippen molar-refractivity contribution < 1.29 is 4.79 Å². The number of carbonyl (C=O) groups excluding carboxylic acids is 1. The van der Waals surface area contributed by atoms with Gasteiger partial charge in [-0.25, -0.2) is 9.97 Å². The van der Waals surface area contributed by atoms with Gasteiger partial charge in [0, 0.05) is 34.3 Å². The fourth-order valence-corrected chi connectivity index (χ4v) is 3.69. The lowest BCUT2D eigenvalue weighted by Crippen LogP contribution is -2.11. The van der Waals surface area contributed by atoms with Crippen LogP contribution in [0.1, 0.15) is 10.4 Å². The molecule has 4 aromatic carbocycles. The zero-order valence-electron chi connectivity index (χ0n) is 18.8. The number of anilines is 4. The van der Waals surface area contributed by atoms with Crippen LogP contribution in [0.15, 0.2) is 116 Å². The Labute approximate surface area is 203 Å². The maximum Gasteiger partial charge on any atom is 0.255 e. The molecule has 35 heavy (non-hydrogen) atoms. The summed E-state index contributed by atoms with van der Waals surface area (Å²) in [6.07, 6.45) is 1.55. The van der Waals surface area contributed by atoms with Gasteiger partial charge in [-0.05, 0) is 65.7 Å². The molecule has 5 aromatic rings. The number of benzene rings is 4. The van der Waals surface area contributed by atoms with Crippen LogP contribution in [0.3, 0.4) is 0 Å². The van der Waals surface area contributed by atoms with E-state index in [9.17, 15) is 4.79 Å². The fraction of sp³-hybridized carbons (Fsp3) is 0. The third kappa shape index (κ3) is 5.34. The van der Waals surface area contributed by atoms with Crippen LogP contribution in [-0.4, -0.2) is 15.9 Å². The molecule has 0 unspecified atom stereocenters. The zero-order chi connectivity index (χ0) is 24.0. The highest BCUT2D eigenvalue weighted by Gasteiger charge is 2.07. The second kappa shape index (κ2) is 9.89. The van der Waals surface area contributed by atoms with Gasteiger partial charge in [-0.1, -0.05) is 48.5 Å². The van der Waals surface area contributed by atoms with Crippen molar-refractivity contribution >= 4 is 28.8 Å². The number of hydrogen-bond acceptors (Lipinski definition) is 5. The van der Waals surface area contributed by atoms with Crippen LogP contribution in [0.25, 0.3) is 22.4 Å². The summed E-state index contributed by atoms with van der Waals surface area (Å²) < 4.78 is 0. The number of nitrogens with zero attached hydrogens (tertiary/aromatic N) is 2. The van der Waals surface area contributed by atoms with Crippen molar-refractivity contribution in [1.29, 1.82) is 0 Å². The summed E-state index contributed by atoms with van der Waals surface area (Å²) in [6.45, 7) is 0. The summed E-state index contributed by atoms with van der Waals surface area (Å²) in [7, 11) is 0. The van der Waals surface area contributed by atoms with Gasteiger partial charge in [0.1, 0.15) is 12.1 Å². The smallest absolute Gasteiger partial charge is 0.255 e.